The molecule has 0 saturated carbocycles. The quantitative estimate of drug-likeness (QED) is 0.875. The minimum absolute atomic E-state index is 0.0442. The standard InChI is InChI=1S/C22H24ClNO2/c1-15-7-8-17(11-19(15)23)21(26)24-18-9-10-20(24)22(13-18,14-25)12-16-5-3-2-4-6-16/h2-8,11,18,20,25H,9-10,12-14H2,1H3/t18-,20+,22-/m0/s1. The van der Waals surface area contributed by atoms with Gasteiger partial charge in [0.25, 0.3) is 5.91 Å². The number of amides is 1. The second kappa shape index (κ2) is 6.71. The van der Waals surface area contributed by atoms with Crippen LogP contribution in [0.15, 0.2) is 48.5 Å². The molecule has 2 heterocycles. The van der Waals surface area contributed by atoms with Gasteiger partial charge in [0.15, 0.2) is 0 Å². The Morgan fingerprint density at radius 2 is 2.00 bits per heavy atom. The molecular weight excluding hydrogens is 346 g/mol. The molecule has 4 rings (SSSR count). The Balaban J connectivity index is 1.62. The molecule has 2 saturated heterocycles. The highest BCUT2D eigenvalue weighted by Crippen LogP contribution is 2.51. The van der Waals surface area contributed by atoms with Gasteiger partial charge in [-0.05, 0) is 55.9 Å². The predicted molar refractivity (Wildman–Crippen MR) is 103 cm³/mol. The fourth-order valence-electron chi connectivity index (χ4n) is 4.89. The van der Waals surface area contributed by atoms with Gasteiger partial charge in [0.2, 0.25) is 0 Å². The molecule has 1 N–H and O–H groups in total. The molecule has 2 aromatic carbocycles. The number of benzene rings is 2. The van der Waals surface area contributed by atoms with Gasteiger partial charge in [-0.2, -0.15) is 0 Å². The Labute approximate surface area is 159 Å². The molecule has 3 nitrogen and oxygen atoms in total. The van der Waals surface area contributed by atoms with Gasteiger partial charge in [0.1, 0.15) is 0 Å². The van der Waals surface area contributed by atoms with Crippen molar-refractivity contribution in [1.82, 2.24) is 4.90 Å². The molecule has 3 atom stereocenters. The number of halogens is 1. The lowest BCUT2D eigenvalue weighted by Crippen LogP contribution is -2.43. The Kier molecular flexibility index (Phi) is 4.54. The lowest BCUT2D eigenvalue weighted by Gasteiger charge is -2.36. The molecule has 4 heteroatoms. The van der Waals surface area contributed by atoms with E-state index in [1.807, 2.05) is 42.2 Å². The maximum atomic E-state index is 13.2. The number of nitrogens with zero attached hydrogens (tertiary/aromatic N) is 1. The van der Waals surface area contributed by atoms with Crippen LogP contribution in [0.4, 0.5) is 0 Å². The number of carbonyl (C=O) groups is 1. The maximum Gasteiger partial charge on any atom is 0.254 e. The Morgan fingerprint density at radius 1 is 1.23 bits per heavy atom. The number of aryl methyl sites for hydroxylation is 1. The van der Waals surface area contributed by atoms with E-state index in [9.17, 15) is 9.90 Å². The van der Waals surface area contributed by atoms with Gasteiger partial charge in [-0.15, -0.1) is 0 Å². The summed E-state index contributed by atoms with van der Waals surface area (Å²) in [6.45, 7) is 2.05. The van der Waals surface area contributed by atoms with Gasteiger partial charge in [0, 0.05) is 28.1 Å². The third kappa shape index (κ3) is 2.83. The fourth-order valence-corrected chi connectivity index (χ4v) is 5.07. The Morgan fingerprint density at radius 3 is 2.69 bits per heavy atom. The summed E-state index contributed by atoms with van der Waals surface area (Å²) in [4.78, 5) is 15.2. The topological polar surface area (TPSA) is 40.5 Å². The van der Waals surface area contributed by atoms with Crippen LogP contribution in [-0.4, -0.2) is 34.6 Å². The monoisotopic (exact) mass is 369 g/mol. The fraction of sp³-hybridized carbons (Fsp3) is 0.409. The van der Waals surface area contributed by atoms with Crippen molar-refractivity contribution in [1.29, 1.82) is 0 Å². The summed E-state index contributed by atoms with van der Waals surface area (Å²) in [5.74, 6) is 0.0442. The van der Waals surface area contributed by atoms with Crippen LogP contribution in [-0.2, 0) is 6.42 Å². The Hall–Kier alpha value is -1.84. The molecule has 0 aliphatic carbocycles. The van der Waals surface area contributed by atoms with Gasteiger partial charge >= 0.3 is 0 Å². The first-order valence-corrected chi connectivity index (χ1v) is 9.65. The van der Waals surface area contributed by atoms with Crippen LogP contribution in [0.2, 0.25) is 5.02 Å². The van der Waals surface area contributed by atoms with E-state index in [1.54, 1.807) is 6.07 Å². The molecule has 0 aromatic heterocycles. The van der Waals surface area contributed by atoms with Crippen LogP contribution in [0.1, 0.15) is 40.7 Å². The zero-order chi connectivity index (χ0) is 18.3. The van der Waals surface area contributed by atoms with Gasteiger partial charge in [-0.25, -0.2) is 0 Å². The molecule has 1 amide bonds. The molecule has 26 heavy (non-hydrogen) atoms. The molecule has 0 radical (unpaired) electrons. The number of fused-ring (bicyclic) bond motifs is 2. The lowest BCUT2D eigenvalue weighted by molar-refractivity contribution is 0.0571. The van der Waals surface area contributed by atoms with Gasteiger partial charge in [-0.3, -0.25) is 4.79 Å². The highest BCUT2D eigenvalue weighted by molar-refractivity contribution is 6.31. The van der Waals surface area contributed by atoms with E-state index < -0.39 is 0 Å². The number of carbonyl (C=O) groups excluding carboxylic acids is 1. The zero-order valence-corrected chi connectivity index (χ0v) is 15.7. The molecular formula is C22H24ClNO2. The molecule has 2 aliphatic rings. The first-order valence-electron chi connectivity index (χ1n) is 9.28. The SMILES string of the molecule is Cc1ccc(C(=O)N2[C@H]3CC[C@@H]2[C@@](CO)(Cc2ccccc2)C3)cc1Cl. The largest absolute Gasteiger partial charge is 0.396 e. The van der Waals surface area contributed by atoms with E-state index in [-0.39, 0.29) is 30.0 Å². The Bertz CT molecular complexity index is 822. The first kappa shape index (κ1) is 17.6. The maximum absolute atomic E-state index is 13.2. The summed E-state index contributed by atoms with van der Waals surface area (Å²) >= 11 is 6.23. The highest BCUT2D eigenvalue weighted by Gasteiger charge is 2.57. The summed E-state index contributed by atoms with van der Waals surface area (Å²) in [5, 5.41) is 10.9. The van der Waals surface area contributed by atoms with Crippen LogP contribution in [0.25, 0.3) is 0 Å². The number of hydrogen-bond donors (Lipinski definition) is 1. The summed E-state index contributed by atoms with van der Waals surface area (Å²) in [5.41, 5.74) is 2.60. The number of aliphatic hydroxyl groups is 1. The average Bonchev–Trinajstić information content (AvgIpc) is 3.20. The van der Waals surface area contributed by atoms with E-state index in [0.717, 1.165) is 31.2 Å². The molecule has 2 bridgehead atoms. The third-order valence-corrected chi connectivity index (χ3v) is 6.63. The van der Waals surface area contributed by atoms with E-state index in [4.69, 9.17) is 11.6 Å². The minimum Gasteiger partial charge on any atom is -0.396 e. The summed E-state index contributed by atoms with van der Waals surface area (Å²) in [6.07, 6.45) is 3.66. The molecule has 2 aromatic rings. The van der Waals surface area contributed by atoms with Gasteiger partial charge < -0.3 is 10.0 Å². The van der Waals surface area contributed by atoms with Crippen molar-refractivity contribution in [2.75, 3.05) is 6.61 Å². The van der Waals surface area contributed by atoms with Crippen molar-refractivity contribution in [3.63, 3.8) is 0 Å². The molecule has 136 valence electrons. The van der Waals surface area contributed by atoms with Crippen molar-refractivity contribution in [3.8, 4) is 0 Å². The minimum atomic E-state index is -0.242. The second-order valence-corrected chi connectivity index (χ2v) is 8.22. The van der Waals surface area contributed by atoms with Crippen molar-refractivity contribution >= 4 is 17.5 Å². The number of aliphatic hydroxyl groups excluding tert-OH is 1. The van der Waals surface area contributed by atoms with Crippen molar-refractivity contribution < 1.29 is 9.90 Å². The summed E-state index contributed by atoms with van der Waals surface area (Å²) in [7, 11) is 0. The van der Waals surface area contributed by atoms with E-state index >= 15 is 0 Å². The number of rotatable bonds is 4. The average molecular weight is 370 g/mol. The lowest BCUT2D eigenvalue weighted by atomic mass is 9.70. The molecule has 0 spiro atoms. The van der Waals surface area contributed by atoms with Crippen LogP contribution in [0.3, 0.4) is 0 Å². The third-order valence-electron chi connectivity index (χ3n) is 6.22. The van der Waals surface area contributed by atoms with E-state index in [1.165, 1.54) is 5.56 Å². The first-order chi connectivity index (χ1) is 12.5. The molecule has 2 fully saturated rings. The number of hydrogen-bond acceptors (Lipinski definition) is 2. The predicted octanol–water partition coefficient (Wildman–Crippen LogP) is 4.25. The van der Waals surface area contributed by atoms with E-state index in [0.29, 0.717) is 10.6 Å². The van der Waals surface area contributed by atoms with Gasteiger partial charge in [0.05, 0.1) is 6.61 Å². The van der Waals surface area contributed by atoms with Gasteiger partial charge in [-0.1, -0.05) is 48.0 Å². The van der Waals surface area contributed by atoms with Crippen LogP contribution >= 0.6 is 11.6 Å². The molecule has 0 unspecified atom stereocenters. The van der Waals surface area contributed by atoms with Crippen molar-refractivity contribution in [3.05, 3.63) is 70.2 Å². The van der Waals surface area contributed by atoms with Crippen LogP contribution in [0.5, 0.6) is 0 Å². The van der Waals surface area contributed by atoms with Crippen molar-refractivity contribution in [2.24, 2.45) is 5.41 Å². The van der Waals surface area contributed by atoms with Crippen LogP contribution in [0, 0.1) is 12.3 Å². The summed E-state index contributed by atoms with van der Waals surface area (Å²) < 4.78 is 0. The highest BCUT2D eigenvalue weighted by atomic mass is 35.5. The zero-order valence-electron chi connectivity index (χ0n) is 15.0. The molecule has 2 aliphatic heterocycles. The smallest absolute Gasteiger partial charge is 0.254 e. The summed E-state index contributed by atoms with van der Waals surface area (Å²) in [6, 6.07) is 16.1. The van der Waals surface area contributed by atoms with E-state index in [2.05, 4.69) is 12.1 Å². The van der Waals surface area contributed by atoms with Crippen LogP contribution < -0.4 is 0 Å². The second-order valence-electron chi connectivity index (χ2n) is 7.81. The van der Waals surface area contributed by atoms with Crippen molar-refractivity contribution in [2.45, 2.75) is 44.7 Å². The normalized spacial score (nSPS) is 27.1.